The molecule has 0 saturated carbocycles. The van der Waals surface area contributed by atoms with Crippen molar-refractivity contribution >= 4 is 30.0 Å². The molecule has 3 nitrogen and oxygen atoms in total. The molecule has 1 heterocycles. The number of benzene rings is 2. The van der Waals surface area contributed by atoms with Crippen molar-refractivity contribution in [3.63, 3.8) is 0 Å². The fourth-order valence-electron chi connectivity index (χ4n) is 2.41. The first kappa shape index (κ1) is 17.7. The van der Waals surface area contributed by atoms with Gasteiger partial charge in [0, 0.05) is 19.0 Å². The molecule has 1 fully saturated rings. The zero-order valence-corrected chi connectivity index (χ0v) is 13.7. The number of rotatable bonds is 4. The van der Waals surface area contributed by atoms with Crippen LogP contribution in [0.3, 0.4) is 0 Å². The van der Waals surface area contributed by atoms with E-state index < -0.39 is 17.9 Å². The molecular formula is C17H16Cl2FNO2. The van der Waals surface area contributed by atoms with Crippen molar-refractivity contribution in [3.05, 3.63) is 70.5 Å². The molecule has 3 rings (SSSR count). The van der Waals surface area contributed by atoms with Crippen LogP contribution in [0, 0.1) is 11.7 Å². The largest absolute Gasteiger partial charge is 0.453 e. The maximum atomic E-state index is 13.7. The summed E-state index contributed by atoms with van der Waals surface area (Å²) in [5, 5.41) is 3.20. The Kier molecular flexibility index (Phi) is 5.99. The van der Waals surface area contributed by atoms with Gasteiger partial charge in [0.2, 0.25) is 0 Å². The number of carbonyl (C=O) groups excluding carboxylic acids is 1. The number of hydrogen-bond donors (Lipinski definition) is 1. The highest BCUT2D eigenvalue weighted by Crippen LogP contribution is 2.31. The lowest BCUT2D eigenvalue weighted by atomic mass is 9.90. The molecule has 1 aliphatic heterocycles. The Balaban J connectivity index is 0.00000192. The zero-order valence-electron chi connectivity index (χ0n) is 12.2. The summed E-state index contributed by atoms with van der Waals surface area (Å²) in [6.45, 7) is 1.47. The Morgan fingerprint density at radius 3 is 2.48 bits per heavy atom. The van der Waals surface area contributed by atoms with Crippen LogP contribution >= 0.6 is 24.0 Å². The number of ether oxygens (including phenoxy) is 1. The van der Waals surface area contributed by atoms with Gasteiger partial charge in [-0.1, -0.05) is 35.9 Å². The molecule has 0 spiro atoms. The Bertz CT molecular complexity index is 678. The standard InChI is InChI=1S/C17H15ClFNO2.ClH/c18-14-7-6-12(8-15(14)19)16(13-9-20-10-13)22-17(21)11-4-2-1-3-5-11;/h1-8,13,16,20H,9-10H2;1H. The first-order valence-corrected chi connectivity index (χ1v) is 7.44. The Morgan fingerprint density at radius 1 is 1.22 bits per heavy atom. The smallest absolute Gasteiger partial charge is 0.338 e. The summed E-state index contributed by atoms with van der Waals surface area (Å²) in [6.07, 6.45) is -0.485. The summed E-state index contributed by atoms with van der Waals surface area (Å²) in [5.74, 6) is -0.784. The maximum absolute atomic E-state index is 13.7. The van der Waals surface area contributed by atoms with Crippen LogP contribution in [0.2, 0.25) is 5.02 Å². The van der Waals surface area contributed by atoms with Gasteiger partial charge in [-0.2, -0.15) is 0 Å². The van der Waals surface area contributed by atoms with Crippen LogP contribution in [0.25, 0.3) is 0 Å². The monoisotopic (exact) mass is 355 g/mol. The predicted octanol–water partition coefficient (Wildman–Crippen LogP) is 4.02. The normalized spacial score (nSPS) is 15.2. The summed E-state index contributed by atoms with van der Waals surface area (Å²) in [5.41, 5.74) is 1.10. The van der Waals surface area contributed by atoms with Gasteiger partial charge in [0.25, 0.3) is 0 Å². The molecule has 0 aliphatic carbocycles. The summed E-state index contributed by atoms with van der Waals surface area (Å²) in [6, 6.07) is 13.3. The van der Waals surface area contributed by atoms with Gasteiger partial charge in [-0.25, -0.2) is 9.18 Å². The lowest BCUT2D eigenvalue weighted by molar-refractivity contribution is 0.00383. The van der Waals surface area contributed by atoms with Crippen molar-refractivity contribution < 1.29 is 13.9 Å². The highest BCUT2D eigenvalue weighted by Gasteiger charge is 2.32. The van der Waals surface area contributed by atoms with Crippen LogP contribution in [0.4, 0.5) is 4.39 Å². The van der Waals surface area contributed by atoms with E-state index in [1.165, 1.54) is 12.1 Å². The zero-order chi connectivity index (χ0) is 15.5. The fraction of sp³-hybridized carbons (Fsp3) is 0.235. The van der Waals surface area contributed by atoms with E-state index in [0.717, 1.165) is 13.1 Å². The van der Waals surface area contributed by atoms with E-state index in [2.05, 4.69) is 5.32 Å². The molecule has 122 valence electrons. The highest BCUT2D eigenvalue weighted by molar-refractivity contribution is 6.30. The third-order valence-electron chi connectivity index (χ3n) is 3.76. The molecule has 6 heteroatoms. The van der Waals surface area contributed by atoms with E-state index in [0.29, 0.717) is 11.1 Å². The molecule has 2 aromatic carbocycles. The van der Waals surface area contributed by atoms with Crippen molar-refractivity contribution in [2.45, 2.75) is 6.10 Å². The summed E-state index contributed by atoms with van der Waals surface area (Å²) < 4.78 is 19.3. The third kappa shape index (κ3) is 4.02. The molecule has 1 aliphatic rings. The summed E-state index contributed by atoms with van der Waals surface area (Å²) >= 11 is 5.72. The van der Waals surface area contributed by atoms with E-state index in [4.69, 9.17) is 16.3 Å². The Morgan fingerprint density at radius 2 is 1.91 bits per heavy atom. The molecule has 1 unspecified atom stereocenters. The molecule has 1 N–H and O–H groups in total. The highest BCUT2D eigenvalue weighted by atomic mass is 35.5. The second kappa shape index (κ2) is 7.77. The molecule has 1 atom stereocenters. The van der Waals surface area contributed by atoms with E-state index >= 15 is 0 Å². The molecule has 0 aromatic heterocycles. The Labute approximate surface area is 145 Å². The van der Waals surface area contributed by atoms with Crippen LogP contribution in [-0.4, -0.2) is 19.1 Å². The van der Waals surface area contributed by atoms with Crippen molar-refractivity contribution in [2.24, 2.45) is 5.92 Å². The third-order valence-corrected chi connectivity index (χ3v) is 4.06. The summed E-state index contributed by atoms with van der Waals surface area (Å²) in [7, 11) is 0. The topological polar surface area (TPSA) is 38.3 Å². The van der Waals surface area contributed by atoms with Crippen LogP contribution in [0.5, 0.6) is 0 Å². The van der Waals surface area contributed by atoms with Crippen molar-refractivity contribution in [1.29, 1.82) is 0 Å². The molecule has 0 amide bonds. The maximum Gasteiger partial charge on any atom is 0.338 e. The molecule has 0 bridgehead atoms. The van der Waals surface area contributed by atoms with Crippen LogP contribution < -0.4 is 5.32 Å². The van der Waals surface area contributed by atoms with E-state index in [1.807, 2.05) is 6.07 Å². The lowest BCUT2D eigenvalue weighted by Crippen LogP contribution is -2.46. The van der Waals surface area contributed by atoms with Crippen molar-refractivity contribution in [2.75, 3.05) is 13.1 Å². The predicted molar refractivity (Wildman–Crippen MR) is 89.6 cm³/mol. The van der Waals surface area contributed by atoms with Crippen LogP contribution in [0.1, 0.15) is 22.0 Å². The van der Waals surface area contributed by atoms with Crippen LogP contribution in [0.15, 0.2) is 48.5 Å². The van der Waals surface area contributed by atoms with E-state index in [1.54, 1.807) is 30.3 Å². The van der Waals surface area contributed by atoms with Gasteiger partial charge in [-0.05, 0) is 29.8 Å². The van der Waals surface area contributed by atoms with Gasteiger partial charge in [0.05, 0.1) is 10.6 Å². The molecule has 1 saturated heterocycles. The number of hydrogen-bond acceptors (Lipinski definition) is 3. The number of esters is 1. The number of carbonyl (C=O) groups is 1. The first-order chi connectivity index (χ1) is 10.6. The average Bonchev–Trinajstić information content (AvgIpc) is 2.48. The molecule has 23 heavy (non-hydrogen) atoms. The van der Waals surface area contributed by atoms with Crippen molar-refractivity contribution in [1.82, 2.24) is 5.32 Å². The SMILES string of the molecule is Cl.O=C(OC(c1ccc(Cl)c(F)c1)C1CNC1)c1ccccc1. The van der Waals surface area contributed by atoms with Crippen LogP contribution in [-0.2, 0) is 4.74 Å². The minimum absolute atomic E-state index is 0. The fourth-order valence-corrected chi connectivity index (χ4v) is 2.53. The second-order valence-corrected chi connectivity index (χ2v) is 5.69. The van der Waals surface area contributed by atoms with Crippen molar-refractivity contribution in [3.8, 4) is 0 Å². The number of halogens is 3. The second-order valence-electron chi connectivity index (χ2n) is 5.28. The summed E-state index contributed by atoms with van der Waals surface area (Å²) in [4.78, 5) is 12.3. The number of nitrogens with one attached hydrogen (secondary N) is 1. The quantitative estimate of drug-likeness (QED) is 0.841. The van der Waals surface area contributed by atoms with E-state index in [9.17, 15) is 9.18 Å². The van der Waals surface area contributed by atoms with Gasteiger partial charge in [0.15, 0.2) is 0 Å². The van der Waals surface area contributed by atoms with E-state index in [-0.39, 0.29) is 23.3 Å². The first-order valence-electron chi connectivity index (χ1n) is 7.07. The van der Waals surface area contributed by atoms with Gasteiger partial charge in [0.1, 0.15) is 11.9 Å². The minimum atomic E-state index is -0.507. The molecular weight excluding hydrogens is 340 g/mol. The van der Waals surface area contributed by atoms with Gasteiger partial charge < -0.3 is 10.1 Å². The molecule has 0 radical (unpaired) electrons. The van der Waals surface area contributed by atoms with Gasteiger partial charge in [-0.15, -0.1) is 12.4 Å². The Hall–Kier alpha value is -1.62. The molecule has 2 aromatic rings. The lowest BCUT2D eigenvalue weighted by Gasteiger charge is -2.34. The average molecular weight is 356 g/mol. The minimum Gasteiger partial charge on any atom is -0.453 e. The van der Waals surface area contributed by atoms with Gasteiger partial charge in [-0.3, -0.25) is 0 Å². The van der Waals surface area contributed by atoms with Gasteiger partial charge >= 0.3 is 5.97 Å².